The van der Waals surface area contributed by atoms with Crippen LogP contribution in [0.4, 0.5) is 5.69 Å². The summed E-state index contributed by atoms with van der Waals surface area (Å²) in [6.07, 6.45) is 2.40. The summed E-state index contributed by atoms with van der Waals surface area (Å²) in [5.74, 6) is 1.48. The molecular weight excluding hydrogens is 254 g/mol. The summed E-state index contributed by atoms with van der Waals surface area (Å²) in [6.45, 7) is 1.16. The van der Waals surface area contributed by atoms with Gasteiger partial charge in [-0.15, -0.1) is 0 Å². The van der Waals surface area contributed by atoms with Gasteiger partial charge in [-0.05, 0) is 12.8 Å². The molecule has 1 fully saturated rings. The van der Waals surface area contributed by atoms with Gasteiger partial charge in [-0.25, -0.2) is 0 Å². The van der Waals surface area contributed by atoms with Crippen molar-refractivity contribution in [3.63, 3.8) is 0 Å². The van der Waals surface area contributed by atoms with Gasteiger partial charge in [-0.3, -0.25) is 0 Å². The van der Waals surface area contributed by atoms with Crippen LogP contribution in [-0.4, -0.2) is 32.5 Å². The van der Waals surface area contributed by atoms with Crippen molar-refractivity contribution in [2.75, 3.05) is 25.6 Å². The molecule has 0 saturated heterocycles. The third-order valence-electron chi connectivity index (χ3n) is 3.42. The van der Waals surface area contributed by atoms with E-state index >= 15 is 0 Å². The van der Waals surface area contributed by atoms with E-state index < -0.39 is 0 Å². The van der Waals surface area contributed by atoms with Gasteiger partial charge >= 0.3 is 0 Å². The number of nitrogens with one attached hydrogen (secondary N) is 1. The SMILES string of the molecule is COC1CC(Nc2cc3c(cc2Cl)OCCO3)C1. The van der Waals surface area contributed by atoms with Crippen LogP contribution in [0.5, 0.6) is 11.5 Å². The molecule has 2 aliphatic rings. The number of fused-ring (bicyclic) bond motifs is 1. The van der Waals surface area contributed by atoms with E-state index in [4.69, 9.17) is 25.8 Å². The Morgan fingerprint density at radius 2 is 1.89 bits per heavy atom. The van der Waals surface area contributed by atoms with E-state index in [1.807, 2.05) is 12.1 Å². The Balaban J connectivity index is 1.72. The highest BCUT2D eigenvalue weighted by molar-refractivity contribution is 6.33. The van der Waals surface area contributed by atoms with E-state index in [1.165, 1.54) is 0 Å². The minimum Gasteiger partial charge on any atom is -0.486 e. The van der Waals surface area contributed by atoms with E-state index in [2.05, 4.69) is 5.32 Å². The van der Waals surface area contributed by atoms with Crippen molar-refractivity contribution in [1.82, 2.24) is 0 Å². The van der Waals surface area contributed by atoms with Gasteiger partial charge in [0.05, 0.1) is 16.8 Å². The minimum atomic E-state index is 0.374. The summed E-state index contributed by atoms with van der Waals surface area (Å²) in [5.41, 5.74) is 0.903. The van der Waals surface area contributed by atoms with E-state index in [1.54, 1.807) is 7.11 Å². The zero-order valence-corrected chi connectivity index (χ0v) is 11.0. The Morgan fingerprint density at radius 1 is 1.22 bits per heavy atom. The fourth-order valence-electron chi connectivity index (χ4n) is 2.27. The maximum atomic E-state index is 6.23. The van der Waals surface area contributed by atoms with Crippen LogP contribution >= 0.6 is 11.6 Å². The highest BCUT2D eigenvalue weighted by atomic mass is 35.5. The number of hydrogen-bond acceptors (Lipinski definition) is 4. The molecule has 5 heteroatoms. The third-order valence-corrected chi connectivity index (χ3v) is 3.73. The Kier molecular flexibility index (Phi) is 3.22. The first-order chi connectivity index (χ1) is 8.76. The Morgan fingerprint density at radius 3 is 2.56 bits per heavy atom. The summed E-state index contributed by atoms with van der Waals surface area (Å²) in [6, 6.07) is 4.15. The van der Waals surface area contributed by atoms with Crippen LogP contribution in [0.3, 0.4) is 0 Å². The molecule has 1 aliphatic carbocycles. The van der Waals surface area contributed by atoms with Crippen molar-refractivity contribution in [3.05, 3.63) is 17.2 Å². The third kappa shape index (κ3) is 2.22. The number of methoxy groups -OCH3 is 1. The van der Waals surface area contributed by atoms with Gasteiger partial charge < -0.3 is 19.5 Å². The molecule has 4 nitrogen and oxygen atoms in total. The molecule has 1 heterocycles. The average molecular weight is 270 g/mol. The molecular formula is C13H16ClNO3. The summed E-state index contributed by atoms with van der Waals surface area (Å²) < 4.78 is 16.3. The van der Waals surface area contributed by atoms with Gasteiger partial charge in [0.1, 0.15) is 13.2 Å². The standard InChI is InChI=1S/C13H16ClNO3/c1-16-9-4-8(5-9)15-11-7-13-12(6-10(11)14)17-2-3-18-13/h6-9,15H,2-5H2,1H3. The fraction of sp³-hybridized carbons (Fsp3) is 0.538. The number of ether oxygens (including phenoxy) is 3. The molecule has 0 radical (unpaired) electrons. The molecule has 0 unspecified atom stereocenters. The van der Waals surface area contributed by atoms with Gasteiger partial charge in [0, 0.05) is 25.3 Å². The predicted octanol–water partition coefficient (Wildman–Crippen LogP) is 2.70. The Labute approximate surface area is 111 Å². The second kappa shape index (κ2) is 4.86. The quantitative estimate of drug-likeness (QED) is 0.916. The molecule has 1 aromatic carbocycles. The van der Waals surface area contributed by atoms with Crippen LogP contribution in [0, 0.1) is 0 Å². The molecule has 1 saturated carbocycles. The fourth-order valence-corrected chi connectivity index (χ4v) is 2.48. The molecule has 1 aromatic rings. The molecule has 1 aliphatic heterocycles. The summed E-state index contributed by atoms with van der Waals surface area (Å²) >= 11 is 6.23. The van der Waals surface area contributed by atoms with Gasteiger partial charge in [-0.1, -0.05) is 11.6 Å². The monoisotopic (exact) mass is 269 g/mol. The largest absolute Gasteiger partial charge is 0.486 e. The van der Waals surface area contributed by atoms with Crippen LogP contribution in [0.15, 0.2) is 12.1 Å². The molecule has 0 bridgehead atoms. The first kappa shape index (κ1) is 11.9. The Bertz CT molecular complexity index is 446. The highest BCUT2D eigenvalue weighted by Crippen LogP contribution is 2.39. The van der Waals surface area contributed by atoms with E-state index in [0.29, 0.717) is 30.4 Å². The molecule has 0 aromatic heterocycles. The van der Waals surface area contributed by atoms with Crippen LogP contribution in [0.1, 0.15) is 12.8 Å². The summed E-state index contributed by atoms with van der Waals surface area (Å²) in [7, 11) is 1.75. The molecule has 1 N–H and O–H groups in total. The lowest BCUT2D eigenvalue weighted by Gasteiger charge is -2.35. The van der Waals surface area contributed by atoms with Gasteiger partial charge in [0.2, 0.25) is 0 Å². The number of anilines is 1. The van der Waals surface area contributed by atoms with Crippen LogP contribution in [0.2, 0.25) is 5.02 Å². The number of benzene rings is 1. The van der Waals surface area contributed by atoms with Crippen molar-refractivity contribution in [2.24, 2.45) is 0 Å². The van der Waals surface area contributed by atoms with Crippen molar-refractivity contribution >= 4 is 17.3 Å². The van der Waals surface area contributed by atoms with E-state index in [9.17, 15) is 0 Å². The zero-order chi connectivity index (χ0) is 12.5. The van der Waals surface area contributed by atoms with Crippen LogP contribution in [0.25, 0.3) is 0 Å². The molecule has 0 spiro atoms. The molecule has 0 amide bonds. The first-order valence-corrected chi connectivity index (χ1v) is 6.52. The number of rotatable bonds is 3. The van der Waals surface area contributed by atoms with Crippen molar-refractivity contribution < 1.29 is 14.2 Å². The molecule has 3 rings (SSSR count). The Hall–Kier alpha value is -1.13. The average Bonchev–Trinajstić information content (AvgIpc) is 2.33. The van der Waals surface area contributed by atoms with Gasteiger partial charge in [0.25, 0.3) is 0 Å². The van der Waals surface area contributed by atoms with Crippen LogP contribution in [-0.2, 0) is 4.74 Å². The number of hydrogen-bond donors (Lipinski definition) is 1. The van der Waals surface area contributed by atoms with Gasteiger partial charge in [-0.2, -0.15) is 0 Å². The van der Waals surface area contributed by atoms with E-state index in [0.717, 1.165) is 30.0 Å². The first-order valence-electron chi connectivity index (χ1n) is 6.14. The van der Waals surface area contributed by atoms with Crippen LogP contribution < -0.4 is 14.8 Å². The smallest absolute Gasteiger partial charge is 0.163 e. The molecule has 0 atom stereocenters. The van der Waals surface area contributed by atoms with Crippen molar-refractivity contribution in [1.29, 1.82) is 0 Å². The zero-order valence-electron chi connectivity index (χ0n) is 10.2. The molecule has 18 heavy (non-hydrogen) atoms. The highest BCUT2D eigenvalue weighted by Gasteiger charge is 2.29. The van der Waals surface area contributed by atoms with Crippen molar-refractivity contribution in [3.8, 4) is 11.5 Å². The second-order valence-electron chi connectivity index (χ2n) is 4.65. The van der Waals surface area contributed by atoms with Gasteiger partial charge in [0.15, 0.2) is 11.5 Å². The normalized spacial score (nSPS) is 25.4. The topological polar surface area (TPSA) is 39.7 Å². The lowest BCUT2D eigenvalue weighted by molar-refractivity contribution is 0.0328. The van der Waals surface area contributed by atoms with Crippen molar-refractivity contribution in [2.45, 2.75) is 25.0 Å². The lowest BCUT2D eigenvalue weighted by Crippen LogP contribution is -2.40. The molecule has 98 valence electrons. The number of halogens is 1. The minimum absolute atomic E-state index is 0.374. The van der Waals surface area contributed by atoms with E-state index in [-0.39, 0.29) is 0 Å². The lowest BCUT2D eigenvalue weighted by atomic mass is 9.89. The predicted molar refractivity (Wildman–Crippen MR) is 69.9 cm³/mol. The second-order valence-corrected chi connectivity index (χ2v) is 5.05. The maximum absolute atomic E-state index is 6.23. The summed E-state index contributed by atoms with van der Waals surface area (Å²) in [4.78, 5) is 0. The maximum Gasteiger partial charge on any atom is 0.163 e. The summed E-state index contributed by atoms with van der Waals surface area (Å²) in [5, 5.41) is 4.08.